The highest BCUT2D eigenvalue weighted by Gasteiger charge is 2.15. The van der Waals surface area contributed by atoms with E-state index in [1.807, 2.05) is 42.5 Å². The van der Waals surface area contributed by atoms with E-state index in [-0.39, 0.29) is 5.69 Å². The summed E-state index contributed by atoms with van der Waals surface area (Å²) in [5.74, 6) is 0. The average molecular weight is 254 g/mol. The molecule has 1 aromatic heterocycles. The summed E-state index contributed by atoms with van der Waals surface area (Å²) in [6, 6.07) is 13.8. The molecular weight excluding hydrogens is 244 g/mol. The van der Waals surface area contributed by atoms with Crippen LogP contribution in [0.25, 0.3) is 0 Å². The summed E-state index contributed by atoms with van der Waals surface area (Å²) >= 11 is 1.21. The second-order valence-electron chi connectivity index (χ2n) is 3.61. The van der Waals surface area contributed by atoms with Gasteiger partial charge in [-0.3, -0.25) is 0 Å². The molecular formula is C13H10N4S. The van der Waals surface area contributed by atoms with Crippen LogP contribution in [0.1, 0.15) is 16.0 Å². The van der Waals surface area contributed by atoms with Crippen molar-refractivity contribution in [3.8, 4) is 12.1 Å². The molecule has 18 heavy (non-hydrogen) atoms. The molecule has 5 heteroatoms. The number of anilines is 2. The molecule has 2 rings (SSSR count). The Morgan fingerprint density at radius 3 is 2.50 bits per heavy atom. The van der Waals surface area contributed by atoms with E-state index in [1.165, 1.54) is 11.3 Å². The Kier molecular flexibility index (Phi) is 3.47. The number of benzene rings is 1. The molecule has 0 spiro atoms. The molecule has 1 aromatic carbocycles. The number of hydrogen-bond donors (Lipinski definition) is 2. The zero-order valence-electron chi connectivity index (χ0n) is 9.47. The minimum atomic E-state index is 0.264. The number of nitriles is 2. The monoisotopic (exact) mass is 254 g/mol. The highest BCUT2D eigenvalue weighted by molar-refractivity contribution is 7.17. The van der Waals surface area contributed by atoms with Crippen LogP contribution in [0.3, 0.4) is 0 Å². The van der Waals surface area contributed by atoms with Crippen molar-refractivity contribution in [2.24, 2.45) is 0 Å². The van der Waals surface area contributed by atoms with Crippen LogP contribution in [0.5, 0.6) is 0 Å². The molecule has 0 atom stereocenters. The smallest absolute Gasteiger partial charge is 0.131 e. The van der Waals surface area contributed by atoms with Crippen molar-refractivity contribution in [3.05, 3.63) is 46.3 Å². The Hall–Kier alpha value is -2.50. The third-order valence-electron chi connectivity index (χ3n) is 2.45. The maximum Gasteiger partial charge on any atom is 0.131 e. The van der Waals surface area contributed by atoms with E-state index in [2.05, 4.69) is 5.32 Å². The van der Waals surface area contributed by atoms with Gasteiger partial charge < -0.3 is 11.1 Å². The summed E-state index contributed by atoms with van der Waals surface area (Å²) < 4.78 is 0. The molecule has 0 radical (unpaired) electrons. The third kappa shape index (κ3) is 2.27. The van der Waals surface area contributed by atoms with Crippen LogP contribution in [0.15, 0.2) is 30.3 Å². The predicted molar refractivity (Wildman–Crippen MR) is 71.9 cm³/mol. The summed E-state index contributed by atoms with van der Waals surface area (Å²) in [6.07, 6.45) is 0. The molecule has 0 saturated carbocycles. The Morgan fingerprint density at radius 2 is 1.89 bits per heavy atom. The molecule has 0 fully saturated rings. The maximum atomic E-state index is 9.03. The van der Waals surface area contributed by atoms with Crippen molar-refractivity contribution in [2.45, 2.75) is 6.54 Å². The molecule has 3 N–H and O–H groups in total. The van der Waals surface area contributed by atoms with Crippen molar-refractivity contribution in [2.75, 3.05) is 11.1 Å². The molecule has 0 aliphatic rings. The van der Waals surface area contributed by atoms with Crippen LogP contribution in [0.4, 0.5) is 10.7 Å². The van der Waals surface area contributed by atoms with Gasteiger partial charge in [0.05, 0.1) is 5.69 Å². The molecule has 4 nitrogen and oxygen atoms in total. The van der Waals surface area contributed by atoms with Crippen molar-refractivity contribution < 1.29 is 0 Å². The lowest BCUT2D eigenvalue weighted by Crippen LogP contribution is -1.99. The normalized spacial score (nSPS) is 9.44. The van der Waals surface area contributed by atoms with E-state index in [1.54, 1.807) is 0 Å². The van der Waals surface area contributed by atoms with Crippen LogP contribution < -0.4 is 11.1 Å². The molecule has 0 saturated heterocycles. The van der Waals surface area contributed by atoms with Gasteiger partial charge in [-0.05, 0) is 5.56 Å². The molecule has 2 aromatic rings. The van der Waals surface area contributed by atoms with E-state index in [0.717, 1.165) is 5.56 Å². The van der Waals surface area contributed by atoms with Gasteiger partial charge in [0.1, 0.15) is 27.6 Å². The molecule has 0 bridgehead atoms. The topological polar surface area (TPSA) is 85.6 Å². The summed E-state index contributed by atoms with van der Waals surface area (Å²) in [5.41, 5.74) is 7.44. The van der Waals surface area contributed by atoms with Gasteiger partial charge in [0.25, 0.3) is 0 Å². The lowest BCUT2D eigenvalue weighted by Gasteiger charge is -2.03. The zero-order chi connectivity index (χ0) is 13.0. The van der Waals surface area contributed by atoms with Gasteiger partial charge in [-0.25, -0.2) is 0 Å². The van der Waals surface area contributed by atoms with Gasteiger partial charge in [-0.2, -0.15) is 10.5 Å². The first-order valence-corrected chi connectivity index (χ1v) is 6.08. The van der Waals surface area contributed by atoms with Gasteiger partial charge in [-0.1, -0.05) is 30.3 Å². The fourth-order valence-corrected chi connectivity index (χ4v) is 2.40. The standard InChI is InChI=1S/C13H10N4S/c14-6-10-12(16)11(7-15)18-13(10)17-8-9-4-2-1-3-5-9/h1-5,17H,8,16H2. The number of nitrogens with zero attached hydrogens (tertiary/aromatic N) is 2. The van der Waals surface area contributed by atoms with E-state index >= 15 is 0 Å². The van der Waals surface area contributed by atoms with Crippen LogP contribution in [-0.4, -0.2) is 0 Å². The number of hydrogen-bond acceptors (Lipinski definition) is 5. The number of thiophene rings is 1. The van der Waals surface area contributed by atoms with E-state index in [4.69, 9.17) is 16.3 Å². The highest BCUT2D eigenvalue weighted by atomic mass is 32.1. The van der Waals surface area contributed by atoms with Gasteiger partial charge in [0, 0.05) is 6.54 Å². The zero-order valence-corrected chi connectivity index (χ0v) is 10.3. The fourth-order valence-electron chi connectivity index (χ4n) is 1.54. The van der Waals surface area contributed by atoms with Gasteiger partial charge in [-0.15, -0.1) is 11.3 Å². The third-order valence-corrected chi connectivity index (χ3v) is 3.52. The first-order valence-electron chi connectivity index (χ1n) is 5.26. The molecule has 1 heterocycles. The molecule has 0 unspecified atom stereocenters. The van der Waals surface area contributed by atoms with Crippen molar-refractivity contribution in [1.82, 2.24) is 0 Å². The minimum absolute atomic E-state index is 0.264. The Morgan fingerprint density at radius 1 is 1.17 bits per heavy atom. The van der Waals surface area contributed by atoms with E-state index < -0.39 is 0 Å². The first kappa shape index (κ1) is 12.0. The Bertz CT molecular complexity index is 631. The second-order valence-corrected chi connectivity index (χ2v) is 4.63. The van der Waals surface area contributed by atoms with E-state index in [9.17, 15) is 0 Å². The summed E-state index contributed by atoms with van der Waals surface area (Å²) in [6.45, 7) is 0.598. The average Bonchev–Trinajstić information content (AvgIpc) is 2.73. The lowest BCUT2D eigenvalue weighted by molar-refractivity contribution is 1.16. The number of nitrogens with two attached hydrogens (primary N) is 1. The number of rotatable bonds is 3. The van der Waals surface area contributed by atoms with Crippen molar-refractivity contribution >= 4 is 22.0 Å². The van der Waals surface area contributed by atoms with Crippen LogP contribution in [0, 0.1) is 22.7 Å². The lowest BCUT2D eigenvalue weighted by atomic mass is 10.2. The second kappa shape index (κ2) is 5.22. The summed E-state index contributed by atoms with van der Waals surface area (Å²) in [4.78, 5) is 0.377. The Balaban J connectivity index is 2.21. The largest absolute Gasteiger partial charge is 0.396 e. The van der Waals surface area contributed by atoms with Crippen molar-refractivity contribution in [1.29, 1.82) is 10.5 Å². The quantitative estimate of drug-likeness (QED) is 0.881. The minimum Gasteiger partial charge on any atom is -0.396 e. The predicted octanol–water partition coefficient (Wildman–Crippen LogP) is 2.69. The molecule has 88 valence electrons. The number of nitrogen functional groups attached to an aromatic ring is 1. The maximum absolute atomic E-state index is 9.03. The fraction of sp³-hybridized carbons (Fsp3) is 0.0769. The van der Waals surface area contributed by atoms with Gasteiger partial charge in [0.2, 0.25) is 0 Å². The Labute approximate surface area is 109 Å². The molecule has 0 aliphatic carbocycles. The SMILES string of the molecule is N#Cc1sc(NCc2ccccc2)c(C#N)c1N. The summed E-state index contributed by atoms with van der Waals surface area (Å²) in [7, 11) is 0. The van der Waals surface area contributed by atoms with Gasteiger partial charge >= 0.3 is 0 Å². The molecule has 0 aliphatic heterocycles. The van der Waals surface area contributed by atoms with Gasteiger partial charge in [0.15, 0.2) is 0 Å². The first-order chi connectivity index (χ1) is 8.76. The van der Waals surface area contributed by atoms with E-state index in [0.29, 0.717) is 22.0 Å². The number of nitrogens with one attached hydrogen (secondary N) is 1. The van der Waals surface area contributed by atoms with Crippen molar-refractivity contribution in [3.63, 3.8) is 0 Å². The van der Waals surface area contributed by atoms with Crippen LogP contribution in [0.2, 0.25) is 0 Å². The van der Waals surface area contributed by atoms with Crippen LogP contribution >= 0.6 is 11.3 Å². The molecule has 0 amide bonds. The van der Waals surface area contributed by atoms with Crippen LogP contribution in [-0.2, 0) is 6.54 Å². The highest BCUT2D eigenvalue weighted by Crippen LogP contribution is 2.34. The summed E-state index contributed by atoms with van der Waals surface area (Å²) in [5, 5.41) is 21.7.